The number of pyridine rings is 1. The Morgan fingerprint density at radius 2 is 1.46 bits per heavy atom. The molecule has 8 rings (SSSR count). The number of aliphatic imine (C=N–C) groups is 1. The largest absolute Gasteiger partial charge is 0.475 e. The molecule has 1 fully saturated rings. The lowest BCUT2D eigenvalue weighted by molar-refractivity contribution is 0.170. The Labute approximate surface area is 284 Å². The number of rotatable bonds is 6. The smallest absolute Gasteiger partial charge is 0.216 e. The summed E-state index contributed by atoms with van der Waals surface area (Å²) in [7, 11) is 0. The molecule has 3 aliphatic rings. The van der Waals surface area contributed by atoms with E-state index in [4.69, 9.17) is 19.5 Å². The Morgan fingerprint density at radius 1 is 0.729 bits per heavy atom. The highest BCUT2D eigenvalue weighted by molar-refractivity contribution is 5.97. The molecule has 5 heteroatoms. The number of hydrogen-bond acceptors (Lipinski definition) is 5. The average Bonchev–Trinajstić information content (AvgIpc) is 3.52. The van der Waals surface area contributed by atoms with Crippen LogP contribution in [0.2, 0.25) is 0 Å². The predicted octanol–water partition coefficient (Wildman–Crippen LogP) is 11.1. The van der Waals surface area contributed by atoms with Crippen LogP contribution in [0.25, 0.3) is 11.1 Å². The fourth-order valence-corrected chi connectivity index (χ4v) is 8.00. The van der Waals surface area contributed by atoms with Crippen molar-refractivity contribution >= 4 is 23.1 Å². The molecule has 0 unspecified atom stereocenters. The van der Waals surface area contributed by atoms with Crippen LogP contribution in [0.15, 0.2) is 114 Å². The van der Waals surface area contributed by atoms with Crippen molar-refractivity contribution in [2.75, 3.05) is 11.5 Å². The van der Waals surface area contributed by atoms with Crippen molar-refractivity contribution in [3.63, 3.8) is 0 Å². The SMILES string of the molecule is Cc1cc(Oc2cc(C3=N[C@](C)(C4CCCCC4)CO3)cc(-c3ccccc3)c2)cc(N2c3ccccc3C(C)(C)c3cccnc32)c1. The van der Waals surface area contributed by atoms with Gasteiger partial charge in [-0.05, 0) is 97.3 Å². The zero-order valence-corrected chi connectivity index (χ0v) is 28.4. The van der Waals surface area contributed by atoms with Crippen molar-refractivity contribution in [1.82, 2.24) is 4.98 Å². The molecule has 0 spiro atoms. The highest BCUT2D eigenvalue weighted by atomic mass is 16.5. The van der Waals surface area contributed by atoms with Crippen LogP contribution in [-0.2, 0) is 10.2 Å². The first kappa shape index (κ1) is 30.4. The van der Waals surface area contributed by atoms with E-state index in [0.29, 0.717) is 18.4 Å². The van der Waals surface area contributed by atoms with Crippen LogP contribution >= 0.6 is 0 Å². The summed E-state index contributed by atoms with van der Waals surface area (Å²) in [5, 5.41) is 0. The number of para-hydroxylation sites is 1. The van der Waals surface area contributed by atoms with Crippen LogP contribution in [0.1, 0.15) is 75.1 Å². The van der Waals surface area contributed by atoms with Gasteiger partial charge in [-0.1, -0.05) is 87.7 Å². The molecule has 4 aromatic carbocycles. The summed E-state index contributed by atoms with van der Waals surface area (Å²) in [5.41, 5.74) is 8.50. The first-order valence-corrected chi connectivity index (χ1v) is 17.4. The van der Waals surface area contributed by atoms with Crippen LogP contribution in [0.4, 0.5) is 17.2 Å². The lowest BCUT2D eigenvalue weighted by Gasteiger charge is -2.41. The van der Waals surface area contributed by atoms with Gasteiger partial charge in [0, 0.05) is 28.8 Å². The van der Waals surface area contributed by atoms with Gasteiger partial charge >= 0.3 is 0 Å². The molecule has 1 atom stereocenters. The molecule has 5 aromatic rings. The van der Waals surface area contributed by atoms with Gasteiger partial charge in [0.2, 0.25) is 5.90 Å². The Hall–Kier alpha value is -4.90. The number of ether oxygens (including phenoxy) is 2. The molecule has 0 bridgehead atoms. The van der Waals surface area contributed by atoms with Crippen LogP contribution in [-0.4, -0.2) is 23.0 Å². The molecule has 2 aliphatic heterocycles. The summed E-state index contributed by atoms with van der Waals surface area (Å²) in [6.45, 7) is 9.58. The van der Waals surface area contributed by atoms with Crippen molar-refractivity contribution in [3.05, 3.63) is 132 Å². The lowest BCUT2D eigenvalue weighted by Crippen LogP contribution is -2.35. The van der Waals surface area contributed by atoms with Gasteiger partial charge in [-0.15, -0.1) is 0 Å². The average molecular weight is 634 g/mol. The minimum Gasteiger partial charge on any atom is -0.475 e. The molecule has 1 saturated carbocycles. The summed E-state index contributed by atoms with van der Waals surface area (Å²) in [4.78, 5) is 12.5. The zero-order valence-electron chi connectivity index (χ0n) is 28.4. The minimum absolute atomic E-state index is 0.174. The van der Waals surface area contributed by atoms with Gasteiger partial charge in [0.1, 0.15) is 23.9 Å². The maximum atomic E-state index is 6.78. The zero-order chi connectivity index (χ0) is 32.9. The van der Waals surface area contributed by atoms with Crippen LogP contribution in [0.3, 0.4) is 0 Å². The van der Waals surface area contributed by atoms with Gasteiger partial charge in [0.05, 0.1) is 16.9 Å². The highest BCUT2D eigenvalue weighted by Crippen LogP contribution is 2.51. The lowest BCUT2D eigenvalue weighted by atomic mass is 9.74. The third kappa shape index (κ3) is 5.45. The van der Waals surface area contributed by atoms with E-state index in [1.807, 2.05) is 18.3 Å². The van der Waals surface area contributed by atoms with E-state index in [9.17, 15) is 0 Å². The normalized spacial score (nSPS) is 20.0. The molecular formula is C43H43N3O2. The first-order chi connectivity index (χ1) is 23.3. The maximum Gasteiger partial charge on any atom is 0.216 e. The minimum atomic E-state index is -0.186. The fraction of sp³-hybridized carbons (Fsp3) is 0.302. The highest BCUT2D eigenvalue weighted by Gasteiger charge is 2.41. The van der Waals surface area contributed by atoms with Gasteiger partial charge in [-0.2, -0.15) is 0 Å². The molecule has 1 aliphatic carbocycles. The second kappa shape index (κ2) is 12.0. The summed E-state index contributed by atoms with van der Waals surface area (Å²) in [6.07, 6.45) is 8.23. The molecule has 242 valence electrons. The monoisotopic (exact) mass is 633 g/mol. The van der Waals surface area contributed by atoms with Crippen molar-refractivity contribution in [3.8, 4) is 22.6 Å². The number of aromatic nitrogens is 1. The van der Waals surface area contributed by atoms with E-state index >= 15 is 0 Å². The molecule has 5 nitrogen and oxygen atoms in total. The fourth-order valence-electron chi connectivity index (χ4n) is 8.00. The number of aryl methyl sites for hydroxylation is 1. The number of nitrogens with zero attached hydrogens (tertiary/aromatic N) is 3. The van der Waals surface area contributed by atoms with Gasteiger partial charge < -0.3 is 9.47 Å². The van der Waals surface area contributed by atoms with Crippen LogP contribution < -0.4 is 9.64 Å². The van der Waals surface area contributed by atoms with Crippen molar-refractivity contribution in [1.29, 1.82) is 0 Å². The standard InChI is InChI=1S/C43H43N3O2/c1-29-22-34(46-39-20-12-11-18-37(39)42(2,3)38-19-13-21-44-40(38)46)27-35(23-29)48-36-25-31(30-14-7-5-8-15-30)24-32(26-36)41-45-43(4,28-47-41)33-16-9-6-10-17-33/h5,7-8,11-15,18-27,33H,6,9-10,16-17,28H2,1-4H3/t43-/m0/s1. The van der Waals surface area contributed by atoms with Gasteiger partial charge in [0.15, 0.2) is 0 Å². The van der Waals surface area contributed by atoms with Crippen molar-refractivity contribution in [2.45, 2.75) is 70.8 Å². The number of hydrogen-bond donors (Lipinski definition) is 0. The second-order valence-corrected chi connectivity index (χ2v) is 14.5. The Morgan fingerprint density at radius 3 is 2.29 bits per heavy atom. The number of fused-ring (bicyclic) bond motifs is 2. The second-order valence-electron chi connectivity index (χ2n) is 14.5. The molecule has 0 N–H and O–H groups in total. The third-order valence-electron chi connectivity index (χ3n) is 10.6. The first-order valence-electron chi connectivity index (χ1n) is 17.4. The molecule has 0 radical (unpaired) electrons. The van der Waals surface area contributed by atoms with E-state index in [-0.39, 0.29) is 11.0 Å². The van der Waals surface area contributed by atoms with E-state index in [0.717, 1.165) is 50.9 Å². The quantitative estimate of drug-likeness (QED) is 0.187. The predicted molar refractivity (Wildman–Crippen MR) is 195 cm³/mol. The van der Waals surface area contributed by atoms with E-state index < -0.39 is 0 Å². The summed E-state index contributed by atoms with van der Waals surface area (Å²) in [6, 6.07) is 36.2. The Bertz CT molecular complexity index is 1960. The van der Waals surface area contributed by atoms with E-state index in [2.05, 4.69) is 124 Å². The van der Waals surface area contributed by atoms with Crippen LogP contribution in [0, 0.1) is 12.8 Å². The van der Waals surface area contributed by atoms with E-state index in [1.165, 1.54) is 43.2 Å². The number of anilines is 3. The van der Waals surface area contributed by atoms with Crippen LogP contribution in [0.5, 0.6) is 11.5 Å². The summed E-state index contributed by atoms with van der Waals surface area (Å²) < 4.78 is 13.2. The Kier molecular flexibility index (Phi) is 7.59. The van der Waals surface area contributed by atoms with Crippen molar-refractivity contribution < 1.29 is 9.47 Å². The molecule has 3 heterocycles. The summed E-state index contributed by atoms with van der Waals surface area (Å²) >= 11 is 0. The maximum absolute atomic E-state index is 6.78. The van der Waals surface area contributed by atoms with Gasteiger partial charge in [-0.3, -0.25) is 4.90 Å². The Balaban J connectivity index is 1.19. The molecular weight excluding hydrogens is 590 g/mol. The third-order valence-corrected chi connectivity index (χ3v) is 10.6. The molecule has 0 amide bonds. The van der Waals surface area contributed by atoms with E-state index in [1.54, 1.807) is 0 Å². The summed E-state index contributed by atoms with van der Waals surface area (Å²) in [5.74, 6) is 3.74. The molecule has 1 aromatic heterocycles. The molecule has 48 heavy (non-hydrogen) atoms. The van der Waals surface area contributed by atoms with Gasteiger partial charge in [0.25, 0.3) is 0 Å². The topological polar surface area (TPSA) is 47.0 Å². The molecule has 0 saturated heterocycles. The number of benzene rings is 4. The van der Waals surface area contributed by atoms with Crippen molar-refractivity contribution in [2.24, 2.45) is 10.9 Å². The van der Waals surface area contributed by atoms with Gasteiger partial charge in [-0.25, -0.2) is 9.98 Å².